The van der Waals surface area contributed by atoms with Crippen LogP contribution in [0.5, 0.6) is 11.6 Å². The summed E-state index contributed by atoms with van der Waals surface area (Å²) in [6.07, 6.45) is -0.785. The SMILES string of the molecule is Cc1cccc(S(=O)(=O)NC(=O)c2ccc(-c3cc(F)cc(OCC(C)C)c3)nc2OC(C)c2cccc(F)c2)n1. The monoisotopic (exact) mass is 581 g/mol. The maximum atomic E-state index is 14.5. The van der Waals surface area contributed by atoms with Gasteiger partial charge in [0.2, 0.25) is 5.88 Å². The van der Waals surface area contributed by atoms with Crippen LogP contribution in [0.2, 0.25) is 0 Å². The Balaban J connectivity index is 1.73. The van der Waals surface area contributed by atoms with Gasteiger partial charge >= 0.3 is 0 Å². The van der Waals surface area contributed by atoms with Crippen LogP contribution in [0.15, 0.2) is 77.8 Å². The van der Waals surface area contributed by atoms with E-state index in [-0.39, 0.29) is 28.1 Å². The fourth-order valence-electron chi connectivity index (χ4n) is 3.81. The predicted molar refractivity (Wildman–Crippen MR) is 149 cm³/mol. The first-order valence-electron chi connectivity index (χ1n) is 12.8. The normalized spacial score (nSPS) is 12.2. The van der Waals surface area contributed by atoms with E-state index in [0.29, 0.717) is 29.2 Å². The zero-order valence-corrected chi connectivity index (χ0v) is 23.7. The van der Waals surface area contributed by atoms with Gasteiger partial charge < -0.3 is 9.47 Å². The smallest absolute Gasteiger partial charge is 0.281 e. The molecule has 0 aliphatic heterocycles. The van der Waals surface area contributed by atoms with Gasteiger partial charge in [0.05, 0.1) is 12.3 Å². The largest absolute Gasteiger partial charge is 0.493 e. The molecule has 4 aromatic rings. The Labute approximate surface area is 237 Å². The van der Waals surface area contributed by atoms with Gasteiger partial charge in [0, 0.05) is 17.3 Å². The lowest BCUT2D eigenvalue weighted by molar-refractivity contribution is 0.0973. The number of hydrogen-bond donors (Lipinski definition) is 1. The Morgan fingerprint density at radius 1 is 0.927 bits per heavy atom. The van der Waals surface area contributed by atoms with Crippen LogP contribution >= 0.6 is 0 Å². The number of aryl methyl sites for hydroxylation is 1. The van der Waals surface area contributed by atoms with Gasteiger partial charge in [-0.1, -0.05) is 32.0 Å². The van der Waals surface area contributed by atoms with Crippen LogP contribution in [0.4, 0.5) is 8.78 Å². The number of ether oxygens (including phenoxy) is 2. The molecule has 0 aliphatic rings. The highest BCUT2D eigenvalue weighted by atomic mass is 32.2. The molecule has 4 rings (SSSR count). The third-order valence-corrected chi connectivity index (χ3v) is 7.06. The molecule has 0 spiro atoms. The summed E-state index contributed by atoms with van der Waals surface area (Å²) in [5, 5.41) is -0.334. The van der Waals surface area contributed by atoms with Crippen LogP contribution < -0.4 is 14.2 Å². The minimum absolute atomic E-state index is 0.207. The number of nitrogens with one attached hydrogen (secondary N) is 1. The van der Waals surface area contributed by atoms with Gasteiger partial charge in [-0.15, -0.1) is 0 Å². The van der Waals surface area contributed by atoms with Crippen molar-refractivity contribution in [2.45, 2.75) is 38.8 Å². The molecule has 0 fully saturated rings. The Kier molecular flexibility index (Phi) is 8.97. The number of hydrogen-bond acceptors (Lipinski definition) is 7. The zero-order valence-electron chi connectivity index (χ0n) is 22.9. The third-order valence-electron chi connectivity index (χ3n) is 5.83. The molecular formula is C30H29F2N3O5S. The van der Waals surface area contributed by atoms with Crippen LogP contribution in [-0.4, -0.2) is 30.9 Å². The average molecular weight is 582 g/mol. The van der Waals surface area contributed by atoms with Gasteiger partial charge in [0.1, 0.15) is 29.1 Å². The molecule has 0 saturated carbocycles. The number of pyridine rings is 2. The van der Waals surface area contributed by atoms with Gasteiger partial charge in [0.25, 0.3) is 15.9 Å². The zero-order chi connectivity index (χ0) is 29.7. The van der Waals surface area contributed by atoms with Crippen LogP contribution in [0.1, 0.15) is 48.5 Å². The lowest BCUT2D eigenvalue weighted by Gasteiger charge is -2.18. The van der Waals surface area contributed by atoms with E-state index in [0.717, 1.165) is 0 Å². The highest BCUT2D eigenvalue weighted by molar-refractivity contribution is 7.90. The summed E-state index contributed by atoms with van der Waals surface area (Å²) < 4.78 is 67.7. The number of rotatable bonds is 10. The van der Waals surface area contributed by atoms with Crippen molar-refractivity contribution in [1.82, 2.24) is 14.7 Å². The summed E-state index contributed by atoms with van der Waals surface area (Å²) in [6.45, 7) is 7.54. The van der Waals surface area contributed by atoms with E-state index in [9.17, 15) is 22.0 Å². The summed E-state index contributed by atoms with van der Waals surface area (Å²) in [5.74, 6) is -1.79. The van der Waals surface area contributed by atoms with E-state index in [1.165, 1.54) is 54.6 Å². The molecule has 8 nitrogen and oxygen atoms in total. The van der Waals surface area contributed by atoms with E-state index in [4.69, 9.17) is 9.47 Å². The highest BCUT2D eigenvalue weighted by Crippen LogP contribution is 2.30. The van der Waals surface area contributed by atoms with Gasteiger partial charge in [-0.05, 0) is 73.9 Å². The molecule has 0 bridgehead atoms. The number of halogens is 2. The van der Waals surface area contributed by atoms with E-state index < -0.39 is 33.7 Å². The average Bonchev–Trinajstić information content (AvgIpc) is 2.91. The minimum atomic E-state index is -4.33. The van der Waals surface area contributed by atoms with Gasteiger partial charge in [-0.3, -0.25) is 4.79 Å². The first kappa shape index (κ1) is 29.6. The summed E-state index contributed by atoms with van der Waals surface area (Å²) >= 11 is 0. The Morgan fingerprint density at radius 3 is 2.39 bits per heavy atom. The Bertz CT molecular complexity index is 1680. The fourth-order valence-corrected chi connectivity index (χ4v) is 4.79. The topological polar surface area (TPSA) is 107 Å². The van der Waals surface area contributed by atoms with Crippen LogP contribution in [0.25, 0.3) is 11.3 Å². The number of carbonyl (C=O) groups excluding carboxylic acids is 1. The quantitative estimate of drug-likeness (QED) is 0.244. The molecule has 1 amide bonds. The first-order chi connectivity index (χ1) is 19.4. The van der Waals surface area contributed by atoms with Gasteiger partial charge in [-0.2, -0.15) is 8.42 Å². The van der Waals surface area contributed by atoms with E-state index in [1.54, 1.807) is 32.0 Å². The summed E-state index contributed by atoms with van der Waals surface area (Å²) in [6, 6.07) is 16.9. The van der Waals surface area contributed by atoms with Crippen molar-refractivity contribution in [2.75, 3.05) is 6.61 Å². The van der Waals surface area contributed by atoms with Crippen LogP contribution in [0, 0.1) is 24.5 Å². The number of amides is 1. The van der Waals surface area contributed by atoms with Gasteiger partial charge in [-0.25, -0.2) is 23.5 Å². The van der Waals surface area contributed by atoms with Crippen molar-refractivity contribution in [2.24, 2.45) is 5.92 Å². The van der Waals surface area contributed by atoms with Crippen molar-refractivity contribution in [1.29, 1.82) is 0 Å². The van der Waals surface area contributed by atoms with Crippen molar-refractivity contribution in [3.05, 3.63) is 101 Å². The number of benzene rings is 2. The molecule has 41 heavy (non-hydrogen) atoms. The number of nitrogens with zero attached hydrogens (tertiary/aromatic N) is 2. The molecule has 2 aromatic carbocycles. The first-order valence-corrected chi connectivity index (χ1v) is 14.3. The second kappa shape index (κ2) is 12.4. The van der Waals surface area contributed by atoms with Crippen molar-refractivity contribution in [3.8, 4) is 22.9 Å². The lowest BCUT2D eigenvalue weighted by Crippen LogP contribution is -2.31. The van der Waals surface area contributed by atoms with Crippen molar-refractivity contribution >= 4 is 15.9 Å². The lowest BCUT2D eigenvalue weighted by atomic mass is 10.1. The van der Waals surface area contributed by atoms with E-state index in [1.807, 2.05) is 18.6 Å². The van der Waals surface area contributed by atoms with E-state index >= 15 is 0 Å². The Hall–Kier alpha value is -4.38. The standard InChI is InChI=1S/C30H29F2N3O5S/c1-18(2)17-39-25-15-22(14-24(32)16-25)27-12-11-26(29(36)35-41(37,38)28-10-5-7-19(3)33-28)30(34-27)40-20(4)21-8-6-9-23(31)13-21/h5-16,18,20H,17H2,1-4H3,(H,35,36). The molecule has 0 aliphatic carbocycles. The summed E-state index contributed by atoms with van der Waals surface area (Å²) in [4.78, 5) is 21.6. The summed E-state index contributed by atoms with van der Waals surface area (Å²) in [5.41, 5.74) is 1.28. The molecular weight excluding hydrogens is 552 g/mol. The molecule has 1 unspecified atom stereocenters. The second-order valence-electron chi connectivity index (χ2n) is 9.80. The maximum absolute atomic E-state index is 14.5. The molecule has 0 radical (unpaired) electrons. The van der Waals surface area contributed by atoms with Crippen molar-refractivity contribution < 1.29 is 31.5 Å². The number of aromatic nitrogens is 2. The maximum Gasteiger partial charge on any atom is 0.281 e. The molecule has 214 valence electrons. The van der Waals surface area contributed by atoms with E-state index in [2.05, 4.69) is 9.97 Å². The van der Waals surface area contributed by atoms with Crippen LogP contribution in [0.3, 0.4) is 0 Å². The predicted octanol–water partition coefficient (Wildman–Crippen LogP) is 6.02. The van der Waals surface area contributed by atoms with Gasteiger partial charge in [0.15, 0.2) is 5.03 Å². The number of carbonyl (C=O) groups is 1. The molecule has 11 heteroatoms. The fraction of sp³-hybridized carbons (Fsp3) is 0.233. The van der Waals surface area contributed by atoms with Crippen LogP contribution in [-0.2, 0) is 10.0 Å². The van der Waals surface area contributed by atoms with Crippen molar-refractivity contribution in [3.63, 3.8) is 0 Å². The molecule has 1 N–H and O–H groups in total. The molecule has 0 saturated heterocycles. The molecule has 1 atom stereocenters. The minimum Gasteiger partial charge on any atom is -0.493 e. The summed E-state index contributed by atoms with van der Waals surface area (Å²) in [7, 11) is -4.33. The highest BCUT2D eigenvalue weighted by Gasteiger charge is 2.25. The third kappa shape index (κ3) is 7.63. The molecule has 2 heterocycles. The number of sulfonamides is 1. The molecule has 2 aromatic heterocycles. The second-order valence-corrected chi connectivity index (χ2v) is 11.4. The Morgan fingerprint density at radius 2 is 1.68 bits per heavy atom.